The van der Waals surface area contributed by atoms with Gasteiger partial charge in [0.1, 0.15) is 0 Å². The van der Waals surface area contributed by atoms with E-state index >= 15 is 0 Å². The number of nitro groups is 1. The molecule has 92 valence electrons. The lowest BCUT2D eigenvalue weighted by Gasteiger charge is -2.10. The van der Waals surface area contributed by atoms with Crippen molar-refractivity contribution in [3.8, 4) is 11.6 Å². The first-order valence-electron chi connectivity index (χ1n) is 5.54. The summed E-state index contributed by atoms with van der Waals surface area (Å²) >= 11 is 0. The molecule has 1 aromatic rings. The van der Waals surface area contributed by atoms with Gasteiger partial charge in [-0.15, -0.1) is 0 Å². The third kappa shape index (κ3) is 3.05. The summed E-state index contributed by atoms with van der Waals surface area (Å²) in [7, 11) is 0. The number of hydrogen-bond donors (Lipinski definition) is 0. The molecule has 6 nitrogen and oxygen atoms in total. The van der Waals surface area contributed by atoms with E-state index in [0.717, 1.165) is 12.8 Å². The summed E-state index contributed by atoms with van der Waals surface area (Å²) in [5.74, 6) is 0.462. The third-order valence-electron chi connectivity index (χ3n) is 2.19. The quantitative estimate of drug-likeness (QED) is 0.581. The Morgan fingerprint density at radius 3 is 2.76 bits per heavy atom. The van der Waals surface area contributed by atoms with Gasteiger partial charge in [-0.1, -0.05) is 0 Å². The molecule has 1 fully saturated rings. The summed E-state index contributed by atoms with van der Waals surface area (Å²) in [6.45, 7) is 3.67. The van der Waals surface area contributed by atoms with E-state index < -0.39 is 4.92 Å². The van der Waals surface area contributed by atoms with Crippen molar-refractivity contribution in [2.24, 2.45) is 0 Å². The van der Waals surface area contributed by atoms with Crippen LogP contribution in [0.2, 0.25) is 0 Å². The van der Waals surface area contributed by atoms with Gasteiger partial charge in [-0.05, 0) is 26.7 Å². The fourth-order valence-corrected chi connectivity index (χ4v) is 1.32. The summed E-state index contributed by atoms with van der Waals surface area (Å²) in [6.07, 6.45) is 3.28. The van der Waals surface area contributed by atoms with Crippen molar-refractivity contribution in [2.45, 2.75) is 38.9 Å². The Hall–Kier alpha value is -1.85. The summed E-state index contributed by atoms with van der Waals surface area (Å²) in [5.41, 5.74) is -0.0949. The molecule has 0 radical (unpaired) electrons. The van der Waals surface area contributed by atoms with Crippen molar-refractivity contribution >= 4 is 5.69 Å². The lowest BCUT2D eigenvalue weighted by Crippen LogP contribution is -2.08. The van der Waals surface area contributed by atoms with Crippen LogP contribution in [0.15, 0.2) is 12.3 Å². The molecular formula is C11H14N2O4. The monoisotopic (exact) mass is 238 g/mol. The Morgan fingerprint density at radius 2 is 2.24 bits per heavy atom. The Bertz CT molecular complexity index is 429. The topological polar surface area (TPSA) is 74.5 Å². The standard InChI is InChI=1S/C11H14N2O4/c1-7(2)16-11-5-9(13(14)15)10(6-12-11)17-8-3-4-8/h5-8H,3-4H2,1-2H3. The van der Waals surface area contributed by atoms with Gasteiger partial charge in [0, 0.05) is 0 Å². The number of nitrogens with zero attached hydrogens (tertiary/aromatic N) is 2. The molecule has 1 aliphatic carbocycles. The molecule has 6 heteroatoms. The van der Waals surface area contributed by atoms with Gasteiger partial charge in [-0.3, -0.25) is 10.1 Å². The van der Waals surface area contributed by atoms with Gasteiger partial charge >= 0.3 is 5.69 Å². The molecule has 1 saturated carbocycles. The maximum Gasteiger partial charge on any atom is 0.317 e. The van der Waals surface area contributed by atoms with Crippen molar-refractivity contribution in [2.75, 3.05) is 0 Å². The molecule has 0 unspecified atom stereocenters. The van der Waals surface area contributed by atoms with Crippen LogP contribution in [0.4, 0.5) is 5.69 Å². The van der Waals surface area contributed by atoms with E-state index in [4.69, 9.17) is 9.47 Å². The second kappa shape index (κ2) is 4.57. The fourth-order valence-electron chi connectivity index (χ4n) is 1.32. The molecule has 0 bridgehead atoms. The van der Waals surface area contributed by atoms with Crippen molar-refractivity contribution in [1.29, 1.82) is 0 Å². The second-order valence-corrected chi connectivity index (χ2v) is 4.23. The number of ether oxygens (including phenoxy) is 2. The number of pyridine rings is 1. The molecule has 1 heterocycles. The second-order valence-electron chi connectivity index (χ2n) is 4.23. The highest BCUT2D eigenvalue weighted by molar-refractivity contribution is 5.47. The van der Waals surface area contributed by atoms with Crippen LogP contribution in [0, 0.1) is 10.1 Å². The molecule has 0 amide bonds. The van der Waals surface area contributed by atoms with E-state index in [0.29, 0.717) is 0 Å². The van der Waals surface area contributed by atoms with Gasteiger partial charge in [-0.25, -0.2) is 4.98 Å². The highest BCUT2D eigenvalue weighted by Gasteiger charge is 2.28. The van der Waals surface area contributed by atoms with E-state index in [2.05, 4.69) is 4.98 Å². The highest BCUT2D eigenvalue weighted by Crippen LogP contribution is 2.34. The van der Waals surface area contributed by atoms with Crippen LogP contribution in [0.25, 0.3) is 0 Å². The predicted molar refractivity (Wildman–Crippen MR) is 60.3 cm³/mol. The number of aromatic nitrogens is 1. The third-order valence-corrected chi connectivity index (χ3v) is 2.19. The Morgan fingerprint density at radius 1 is 1.53 bits per heavy atom. The van der Waals surface area contributed by atoms with Crippen LogP contribution in [0.1, 0.15) is 26.7 Å². The van der Waals surface area contributed by atoms with Crippen molar-refractivity contribution < 1.29 is 14.4 Å². The van der Waals surface area contributed by atoms with Crippen LogP contribution in [0.3, 0.4) is 0 Å². The van der Waals surface area contributed by atoms with Gasteiger partial charge < -0.3 is 9.47 Å². The van der Waals surface area contributed by atoms with Gasteiger partial charge in [0.05, 0.1) is 29.4 Å². The minimum Gasteiger partial charge on any atom is -0.482 e. The van der Waals surface area contributed by atoms with Crippen LogP contribution in [-0.2, 0) is 0 Å². The average molecular weight is 238 g/mol. The zero-order chi connectivity index (χ0) is 12.4. The summed E-state index contributed by atoms with van der Waals surface area (Å²) in [4.78, 5) is 14.4. The van der Waals surface area contributed by atoms with E-state index in [1.807, 2.05) is 13.8 Å². The first-order valence-corrected chi connectivity index (χ1v) is 5.54. The minimum absolute atomic E-state index is 0.0719. The largest absolute Gasteiger partial charge is 0.482 e. The van der Waals surface area contributed by atoms with Gasteiger partial charge in [0.15, 0.2) is 0 Å². The van der Waals surface area contributed by atoms with Crippen LogP contribution < -0.4 is 9.47 Å². The average Bonchev–Trinajstić information content (AvgIpc) is 3.03. The first kappa shape index (κ1) is 11.6. The van der Waals surface area contributed by atoms with Gasteiger partial charge in [-0.2, -0.15) is 0 Å². The van der Waals surface area contributed by atoms with Gasteiger partial charge in [0.25, 0.3) is 0 Å². The molecule has 0 saturated heterocycles. The SMILES string of the molecule is CC(C)Oc1cc([N+](=O)[O-])c(OC2CC2)cn1. The van der Waals surface area contributed by atoms with Gasteiger partial charge in [0.2, 0.25) is 11.6 Å². The lowest BCUT2D eigenvalue weighted by atomic mass is 10.3. The first-order chi connectivity index (χ1) is 8.06. The van der Waals surface area contributed by atoms with E-state index in [1.165, 1.54) is 12.3 Å². The van der Waals surface area contributed by atoms with Crippen LogP contribution in [-0.4, -0.2) is 22.1 Å². The van der Waals surface area contributed by atoms with Crippen molar-refractivity contribution in [1.82, 2.24) is 4.98 Å². The summed E-state index contributed by atoms with van der Waals surface area (Å²) in [6, 6.07) is 1.30. The maximum atomic E-state index is 10.9. The summed E-state index contributed by atoms with van der Waals surface area (Å²) in [5, 5.41) is 10.9. The zero-order valence-corrected chi connectivity index (χ0v) is 9.75. The van der Waals surface area contributed by atoms with E-state index in [9.17, 15) is 10.1 Å². The highest BCUT2D eigenvalue weighted by atomic mass is 16.6. The Labute approximate surface area is 98.7 Å². The molecular weight excluding hydrogens is 224 g/mol. The van der Waals surface area contributed by atoms with Crippen LogP contribution >= 0.6 is 0 Å². The van der Waals surface area contributed by atoms with Crippen molar-refractivity contribution in [3.05, 3.63) is 22.4 Å². The number of rotatable bonds is 5. The normalized spacial score (nSPS) is 14.8. The maximum absolute atomic E-state index is 10.9. The molecule has 0 aromatic carbocycles. The van der Waals surface area contributed by atoms with Crippen LogP contribution in [0.5, 0.6) is 11.6 Å². The number of hydrogen-bond acceptors (Lipinski definition) is 5. The molecule has 17 heavy (non-hydrogen) atoms. The lowest BCUT2D eigenvalue weighted by molar-refractivity contribution is -0.386. The minimum atomic E-state index is -0.480. The van der Waals surface area contributed by atoms with Crippen molar-refractivity contribution in [3.63, 3.8) is 0 Å². The molecule has 0 N–H and O–H groups in total. The van der Waals surface area contributed by atoms with E-state index in [1.54, 1.807) is 0 Å². The fraction of sp³-hybridized carbons (Fsp3) is 0.545. The summed E-state index contributed by atoms with van der Waals surface area (Å²) < 4.78 is 10.7. The smallest absolute Gasteiger partial charge is 0.317 e. The van der Waals surface area contributed by atoms with E-state index in [-0.39, 0.29) is 29.5 Å². The Balaban J connectivity index is 2.23. The predicted octanol–water partition coefficient (Wildman–Crippen LogP) is 2.32. The molecule has 2 rings (SSSR count). The molecule has 1 aromatic heterocycles. The molecule has 1 aliphatic rings. The molecule has 0 atom stereocenters. The zero-order valence-electron chi connectivity index (χ0n) is 9.75. The molecule has 0 spiro atoms. The molecule has 0 aliphatic heterocycles. The Kier molecular flexibility index (Phi) is 3.12.